The summed E-state index contributed by atoms with van der Waals surface area (Å²) in [5, 5.41) is 11.5. The molecule has 0 N–H and O–H groups in total. The largest absolute Gasteiger partial charge is 0.256 e. The van der Waals surface area contributed by atoms with Crippen LogP contribution in [0.3, 0.4) is 0 Å². The van der Waals surface area contributed by atoms with Crippen LogP contribution in [-0.4, -0.2) is 4.98 Å². The lowest BCUT2D eigenvalue weighted by molar-refractivity contribution is 0.336. The van der Waals surface area contributed by atoms with Crippen LogP contribution in [0, 0.1) is 23.2 Å². The van der Waals surface area contributed by atoms with Gasteiger partial charge in [-0.15, -0.1) is 11.3 Å². The molecule has 0 bridgehead atoms. The van der Waals surface area contributed by atoms with Gasteiger partial charge in [0.25, 0.3) is 0 Å². The molecule has 3 aromatic rings. The quantitative estimate of drug-likeness (QED) is 0.542. The van der Waals surface area contributed by atoms with Gasteiger partial charge in [0.1, 0.15) is 0 Å². The fourth-order valence-corrected chi connectivity index (χ4v) is 5.03. The molecule has 0 unspecified atom stereocenters. The van der Waals surface area contributed by atoms with E-state index in [9.17, 15) is 5.26 Å². The van der Waals surface area contributed by atoms with Crippen LogP contribution in [0.25, 0.3) is 17.2 Å². The lowest BCUT2D eigenvalue weighted by Gasteiger charge is -2.32. The van der Waals surface area contributed by atoms with E-state index in [0.29, 0.717) is 23.3 Å². The first kappa shape index (κ1) is 17.7. The number of hydrogen-bond acceptors (Lipinski definition) is 3. The standard InChI is InChI=1S/C24H22N2S/c1-16-13-18-11-12-27-24(18)22(17(16)2)10-9-21-8-7-20(15-26-21)23-6-4-3-5-19(23)14-25/h3-12,15-17,22H,13H2,1-2H3/b10-9+/t16-,17+,22-/m0/s1. The minimum atomic E-state index is 0.463. The molecule has 1 aliphatic rings. The van der Waals surface area contributed by atoms with Crippen molar-refractivity contribution in [1.29, 1.82) is 5.26 Å². The summed E-state index contributed by atoms with van der Waals surface area (Å²) in [6.45, 7) is 4.71. The smallest absolute Gasteiger partial charge is 0.0998 e. The molecule has 0 amide bonds. The van der Waals surface area contributed by atoms with Crippen LogP contribution < -0.4 is 0 Å². The molecule has 27 heavy (non-hydrogen) atoms. The van der Waals surface area contributed by atoms with Crippen molar-refractivity contribution in [3.8, 4) is 17.2 Å². The van der Waals surface area contributed by atoms with E-state index in [1.165, 1.54) is 16.9 Å². The Balaban J connectivity index is 1.58. The van der Waals surface area contributed by atoms with Crippen molar-refractivity contribution in [3.63, 3.8) is 0 Å². The van der Waals surface area contributed by atoms with Gasteiger partial charge in [0.15, 0.2) is 0 Å². The van der Waals surface area contributed by atoms with E-state index in [2.05, 4.69) is 48.5 Å². The number of thiophene rings is 1. The molecule has 1 aliphatic carbocycles. The summed E-state index contributed by atoms with van der Waals surface area (Å²) in [5.74, 6) is 1.79. The van der Waals surface area contributed by atoms with Gasteiger partial charge < -0.3 is 0 Å². The van der Waals surface area contributed by atoms with Gasteiger partial charge in [-0.25, -0.2) is 0 Å². The number of aromatic nitrogens is 1. The van der Waals surface area contributed by atoms with Crippen LogP contribution in [-0.2, 0) is 6.42 Å². The average Bonchev–Trinajstić information content (AvgIpc) is 3.16. The predicted octanol–water partition coefficient (Wildman–Crippen LogP) is 6.31. The molecule has 0 aliphatic heterocycles. The second kappa shape index (κ2) is 7.50. The summed E-state index contributed by atoms with van der Waals surface area (Å²) in [6.07, 6.45) is 7.51. The summed E-state index contributed by atoms with van der Waals surface area (Å²) < 4.78 is 0. The average molecular weight is 371 g/mol. The lowest BCUT2D eigenvalue weighted by atomic mass is 9.74. The number of allylic oxidation sites excluding steroid dienone is 1. The first-order chi connectivity index (χ1) is 13.2. The first-order valence-electron chi connectivity index (χ1n) is 9.37. The zero-order chi connectivity index (χ0) is 18.8. The molecule has 3 atom stereocenters. The third-order valence-electron chi connectivity index (χ3n) is 5.71. The number of rotatable bonds is 3. The Morgan fingerprint density at radius 1 is 1.15 bits per heavy atom. The van der Waals surface area contributed by atoms with Crippen molar-refractivity contribution in [1.82, 2.24) is 4.98 Å². The number of nitrogens with zero attached hydrogens (tertiary/aromatic N) is 2. The monoisotopic (exact) mass is 370 g/mol. The Labute approximate surface area is 164 Å². The fraction of sp³-hybridized carbons (Fsp3) is 0.250. The highest BCUT2D eigenvalue weighted by molar-refractivity contribution is 7.10. The number of hydrogen-bond donors (Lipinski definition) is 0. The highest BCUT2D eigenvalue weighted by atomic mass is 32.1. The highest BCUT2D eigenvalue weighted by Crippen LogP contribution is 2.43. The molecule has 0 radical (unpaired) electrons. The van der Waals surface area contributed by atoms with Crippen LogP contribution >= 0.6 is 11.3 Å². The molecular weight excluding hydrogens is 348 g/mol. The van der Waals surface area contributed by atoms with E-state index in [-0.39, 0.29) is 0 Å². The van der Waals surface area contributed by atoms with Crippen LogP contribution in [0.5, 0.6) is 0 Å². The van der Waals surface area contributed by atoms with Crippen molar-refractivity contribution in [3.05, 3.63) is 81.8 Å². The number of pyridine rings is 1. The molecule has 2 aromatic heterocycles. The van der Waals surface area contributed by atoms with Crippen LogP contribution in [0.1, 0.15) is 41.5 Å². The third-order valence-corrected chi connectivity index (χ3v) is 6.77. The van der Waals surface area contributed by atoms with Crippen molar-refractivity contribution in [2.45, 2.75) is 26.2 Å². The van der Waals surface area contributed by atoms with Crippen molar-refractivity contribution in [2.24, 2.45) is 11.8 Å². The second-order valence-electron chi connectivity index (χ2n) is 7.36. The van der Waals surface area contributed by atoms with Gasteiger partial charge in [0.05, 0.1) is 17.3 Å². The van der Waals surface area contributed by atoms with Gasteiger partial charge in [-0.2, -0.15) is 5.26 Å². The molecule has 0 spiro atoms. The molecule has 4 rings (SSSR count). The van der Waals surface area contributed by atoms with Gasteiger partial charge in [0.2, 0.25) is 0 Å². The van der Waals surface area contributed by atoms with E-state index in [1.807, 2.05) is 53.9 Å². The third kappa shape index (κ3) is 3.46. The van der Waals surface area contributed by atoms with Crippen molar-refractivity contribution in [2.75, 3.05) is 0 Å². The summed E-state index contributed by atoms with van der Waals surface area (Å²) in [4.78, 5) is 6.12. The maximum Gasteiger partial charge on any atom is 0.0998 e. The maximum absolute atomic E-state index is 9.29. The van der Waals surface area contributed by atoms with Crippen LogP contribution in [0.2, 0.25) is 0 Å². The van der Waals surface area contributed by atoms with E-state index < -0.39 is 0 Å². The Morgan fingerprint density at radius 2 is 2.00 bits per heavy atom. The number of fused-ring (bicyclic) bond motifs is 1. The molecular formula is C24H22N2S. The van der Waals surface area contributed by atoms with Crippen molar-refractivity contribution >= 4 is 17.4 Å². The number of benzene rings is 1. The Kier molecular flexibility index (Phi) is 4.92. The zero-order valence-electron chi connectivity index (χ0n) is 15.6. The molecule has 3 heteroatoms. The van der Waals surface area contributed by atoms with Crippen molar-refractivity contribution < 1.29 is 0 Å². The normalized spacial score (nSPS) is 21.7. The highest BCUT2D eigenvalue weighted by Gasteiger charge is 2.30. The molecule has 134 valence electrons. The number of nitriles is 1. The first-order valence-corrected chi connectivity index (χ1v) is 10.3. The fourth-order valence-electron chi connectivity index (χ4n) is 3.89. The molecule has 0 saturated heterocycles. The Morgan fingerprint density at radius 3 is 2.78 bits per heavy atom. The second-order valence-corrected chi connectivity index (χ2v) is 8.31. The molecule has 2 heterocycles. The molecule has 0 saturated carbocycles. The van der Waals surface area contributed by atoms with Gasteiger partial charge in [-0.3, -0.25) is 4.98 Å². The van der Waals surface area contributed by atoms with Gasteiger partial charge in [-0.05, 0) is 53.5 Å². The molecule has 1 aromatic carbocycles. The Hall–Kier alpha value is -2.70. The van der Waals surface area contributed by atoms with Gasteiger partial charge in [-0.1, -0.05) is 44.2 Å². The van der Waals surface area contributed by atoms with Crippen LogP contribution in [0.15, 0.2) is 60.1 Å². The van der Waals surface area contributed by atoms with Gasteiger partial charge >= 0.3 is 0 Å². The van der Waals surface area contributed by atoms with Gasteiger partial charge in [0, 0.05) is 28.1 Å². The summed E-state index contributed by atoms with van der Waals surface area (Å²) >= 11 is 1.88. The molecule has 2 nitrogen and oxygen atoms in total. The Bertz CT molecular complexity index is 1010. The SMILES string of the molecule is C[C@H]1[C@H](/C=C/c2ccc(-c3ccccc3C#N)cn2)c2sccc2C[C@@H]1C. The summed E-state index contributed by atoms with van der Waals surface area (Å²) in [5.41, 5.74) is 5.05. The summed E-state index contributed by atoms with van der Waals surface area (Å²) in [6, 6.07) is 16.3. The topological polar surface area (TPSA) is 36.7 Å². The minimum absolute atomic E-state index is 0.463. The summed E-state index contributed by atoms with van der Waals surface area (Å²) in [7, 11) is 0. The lowest BCUT2D eigenvalue weighted by Crippen LogP contribution is -2.23. The predicted molar refractivity (Wildman–Crippen MR) is 113 cm³/mol. The minimum Gasteiger partial charge on any atom is -0.256 e. The van der Waals surface area contributed by atoms with E-state index in [1.54, 1.807) is 0 Å². The van der Waals surface area contributed by atoms with E-state index in [0.717, 1.165) is 16.8 Å². The van der Waals surface area contributed by atoms with E-state index in [4.69, 9.17) is 0 Å². The van der Waals surface area contributed by atoms with Crippen LogP contribution in [0.4, 0.5) is 0 Å². The maximum atomic E-state index is 9.29. The molecule has 0 fully saturated rings. The zero-order valence-corrected chi connectivity index (χ0v) is 16.4. The van der Waals surface area contributed by atoms with E-state index >= 15 is 0 Å².